The largest absolute Gasteiger partial charge is 0.493 e. The highest BCUT2D eigenvalue weighted by Crippen LogP contribution is 2.37. The van der Waals surface area contributed by atoms with Gasteiger partial charge in [-0.2, -0.15) is 13.2 Å². The van der Waals surface area contributed by atoms with Crippen LogP contribution in [0.5, 0.6) is 11.5 Å². The topological polar surface area (TPSA) is 117 Å². The Balaban J connectivity index is 1.87. The van der Waals surface area contributed by atoms with Crippen molar-refractivity contribution in [1.82, 2.24) is 0 Å². The van der Waals surface area contributed by atoms with E-state index in [-0.39, 0.29) is 13.0 Å². The van der Waals surface area contributed by atoms with Crippen LogP contribution in [0.3, 0.4) is 0 Å². The summed E-state index contributed by atoms with van der Waals surface area (Å²) in [5.41, 5.74) is -2.88. The van der Waals surface area contributed by atoms with E-state index < -0.39 is 46.5 Å². The zero-order chi connectivity index (χ0) is 23.0. The number of nitro groups is 1. The summed E-state index contributed by atoms with van der Waals surface area (Å²) in [5.74, 6) is -1.00. The molecule has 2 aromatic carbocycles. The number of methoxy groups -OCH3 is 1. The number of alkyl halides is 3. The number of hydrogen-bond donors (Lipinski definition) is 1. The number of hydrogen-bond acceptors (Lipinski definition) is 7. The van der Waals surface area contributed by atoms with Crippen molar-refractivity contribution in [3.63, 3.8) is 0 Å². The van der Waals surface area contributed by atoms with Gasteiger partial charge in [-0.15, -0.1) is 0 Å². The van der Waals surface area contributed by atoms with Crippen molar-refractivity contribution in [1.29, 1.82) is 0 Å². The Morgan fingerprint density at radius 1 is 1.13 bits per heavy atom. The molecule has 1 N–H and O–H groups in total. The van der Waals surface area contributed by atoms with Crippen molar-refractivity contribution in [2.45, 2.75) is 12.6 Å². The molecule has 9 nitrogen and oxygen atoms in total. The smallest absolute Gasteiger partial charge is 0.418 e. The normalized spacial score (nSPS) is 10.8. The van der Waals surface area contributed by atoms with Gasteiger partial charge in [-0.1, -0.05) is 12.1 Å². The van der Waals surface area contributed by atoms with Crippen LogP contribution in [0.1, 0.15) is 12.0 Å². The number of benzene rings is 2. The van der Waals surface area contributed by atoms with Gasteiger partial charge < -0.3 is 19.5 Å². The molecule has 0 unspecified atom stereocenters. The first-order valence-corrected chi connectivity index (χ1v) is 8.68. The molecular weight excluding hydrogens is 425 g/mol. The quantitative estimate of drug-likeness (QED) is 0.358. The number of nitro benzene ring substituents is 1. The Labute approximate surface area is 173 Å². The van der Waals surface area contributed by atoms with E-state index in [2.05, 4.69) is 0 Å². The van der Waals surface area contributed by atoms with E-state index in [0.717, 1.165) is 12.1 Å². The van der Waals surface area contributed by atoms with E-state index in [1.54, 1.807) is 24.3 Å². The highest BCUT2D eigenvalue weighted by atomic mass is 19.4. The second-order valence-corrected chi connectivity index (χ2v) is 5.94. The Kier molecular flexibility index (Phi) is 7.77. The van der Waals surface area contributed by atoms with Crippen molar-refractivity contribution < 1.29 is 41.9 Å². The van der Waals surface area contributed by atoms with Crippen molar-refractivity contribution in [2.24, 2.45) is 0 Å². The van der Waals surface area contributed by atoms with Gasteiger partial charge >= 0.3 is 12.1 Å². The molecular formula is C19H17F3N2O7. The Hall–Kier alpha value is -3.83. The molecule has 0 aliphatic carbocycles. The number of non-ortho nitro benzene ring substituents is 1. The molecule has 2 aromatic rings. The van der Waals surface area contributed by atoms with E-state index in [1.165, 1.54) is 7.11 Å². The third-order valence-corrected chi connectivity index (χ3v) is 3.79. The van der Waals surface area contributed by atoms with Gasteiger partial charge in [0.2, 0.25) is 0 Å². The van der Waals surface area contributed by atoms with Gasteiger partial charge in [0.15, 0.2) is 18.1 Å². The van der Waals surface area contributed by atoms with Crippen LogP contribution in [0.15, 0.2) is 42.5 Å². The van der Waals surface area contributed by atoms with Gasteiger partial charge in [0.25, 0.3) is 11.6 Å². The highest BCUT2D eigenvalue weighted by molar-refractivity contribution is 5.93. The molecule has 0 saturated carbocycles. The summed E-state index contributed by atoms with van der Waals surface area (Å²) in [6, 6.07) is 8.58. The van der Waals surface area contributed by atoms with Crippen LogP contribution in [0.4, 0.5) is 24.5 Å². The SMILES string of the molecule is COc1ccccc1OCCC(=O)OCC(=O)Nc1ccc([N+](=O)[O-])cc1C(F)(F)F. The summed E-state index contributed by atoms with van der Waals surface area (Å²) in [4.78, 5) is 33.3. The van der Waals surface area contributed by atoms with Crippen molar-refractivity contribution >= 4 is 23.3 Å². The number of halogens is 3. The first-order chi connectivity index (χ1) is 14.6. The lowest BCUT2D eigenvalue weighted by Crippen LogP contribution is -2.23. The maximum absolute atomic E-state index is 13.1. The van der Waals surface area contributed by atoms with Gasteiger partial charge in [-0.25, -0.2) is 0 Å². The maximum Gasteiger partial charge on any atom is 0.418 e. The molecule has 12 heteroatoms. The minimum atomic E-state index is -4.94. The zero-order valence-corrected chi connectivity index (χ0v) is 16.1. The summed E-state index contributed by atoms with van der Waals surface area (Å²) in [6.07, 6.45) is -5.17. The van der Waals surface area contributed by atoms with E-state index in [9.17, 15) is 32.9 Å². The third kappa shape index (κ3) is 6.87. The average molecular weight is 442 g/mol. The maximum atomic E-state index is 13.1. The fraction of sp³-hybridized carbons (Fsp3) is 0.263. The molecule has 166 valence electrons. The van der Waals surface area contributed by atoms with E-state index in [1.807, 2.05) is 5.32 Å². The van der Waals surface area contributed by atoms with Crippen molar-refractivity contribution in [3.8, 4) is 11.5 Å². The van der Waals surface area contributed by atoms with Crippen molar-refractivity contribution in [2.75, 3.05) is 25.6 Å². The molecule has 0 heterocycles. The monoisotopic (exact) mass is 442 g/mol. The molecule has 0 aliphatic heterocycles. The summed E-state index contributed by atoms with van der Waals surface area (Å²) in [6.45, 7) is -0.927. The second-order valence-electron chi connectivity index (χ2n) is 5.94. The lowest BCUT2D eigenvalue weighted by Gasteiger charge is -2.14. The van der Waals surface area contributed by atoms with E-state index in [4.69, 9.17) is 14.2 Å². The molecule has 0 radical (unpaired) electrons. The van der Waals surface area contributed by atoms with Crippen LogP contribution in [-0.2, 0) is 20.5 Å². The Morgan fingerprint density at radius 3 is 2.42 bits per heavy atom. The summed E-state index contributed by atoms with van der Waals surface area (Å²) >= 11 is 0. The number of amides is 1. The minimum Gasteiger partial charge on any atom is -0.493 e. The van der Waals surface area contributed by atoms with Gasteiger partial charge in [0.05, 0.1) is 36.3 Å². The number of nitrogens with zero attached hydrogens (tertiary/aromatic N) is 1. The molecule has 0 saturated heterocycles. The number of para-hydroxylation sites is 2. The van der Waals surface area contributed by atoms with Gasteiger partial charge in [-0.3, -0.25) is 19.7 Å². The second kappa shape index (κ2) is 10.3. The van der Waals surface area contributed by atoms with Gasteiger partial charge in [-0.05, 0) is 18.2 Å². The van der Waals surface area contributed by atoms with E-state index in [0.29, 0.717) is 17.6 Å². The number of anilines is 1. The molecule has 0 aliphatic rings. The predicted octanol–water partition coefficient (Wildman–Crippen LogP) is 3.57. The molecule has 1 amide bonds. The first kappa shape index (κ1) is 23.4. The lowest BCUT2D eigenvalue weighted by molar-refractivity contribution is -0.385. The summed E-state index contributed by atoms with van der Waals surface area (Å²) < 4.78 is 54.5. The molecule has 0 aromatic heterocycles. The Bertz CT molecular complexity index is 964. The number of carbonyl (C=O) groups excluding carboxylic acids is 2. The molecule has 0 fully saturated rings. The number of rotatable bonds is 9. The zero-order valence-electron chi connectivity index (χ0n) is 16.1. The molecule has 0 atom stereocenters. The molecule has 2 rings (SSSR count). The number of nitrogens with one attached hydrogen (secondary N) is 1. The molecule has 31 heavy (non-hydrogen) atoms. The lowest BCUT2D eigenvalue weighted by atomic mass is 10.1. The third-order valence-electron chi connectivity index (χ3n) is 3.79. The van der Waals surface area contributed by atoms with Crippen LogP contribution in [0, 0.1) is 10.1 Å². The Morgan fingerprint density at radius 2 is 1.81 bits per heavy atom. The van der Waals surface area contributed by atoms with Crippen LogP contribution in [0.2, 0.25) is 0 Å². The fourth-order valence-electron chi connectivity index (χ4n) is 2.38. The predicted molar refractivity (Wildman–Crippen MR) is 101 cm³/mol. The van der Waals surface area contributed by atoms with Crippen LogP contribution in [0.25, 0.3) is 0 Å². The average Bonchev–Trinajstić information content (AvgIpc) is 2.72. The minimum absolute atomic E-state index is 0.0819. The standard InChI is InChI=1S/C19H17F3N2O7/c1-29-15-4-2-3-5-16(15)30-9-8-18(26)31-11-17(25)23-14-7-6-12(24(27)28)10-13(14)19(20,21)22/h2-7,10H,8-9,11H2,1H3,(H,23,25). The van der Waals surface area contributed by atoms with Gasteiger partial charge in [0.1, 0.15) is 0 Å². The van der Waals surface area contributed by atoms with Crippen molar-refractivity contribution in [3.05, 3.63) is 58.1 Å². The molecule has 0 spiro atoms. The molecule has 0 bridgehead atoms. The number of carbonyl (C=O) groups is 2. The summed E-state index contributed by atoms with van der Waals surface area (Å²) in [5, 5.41) is 12.6. The number of ether oxygens (including phenoxy) is 3. The van der Waals surface area contributed by atoms with Gasteiger partial charge in [0, 0.05) is 12.1 Å². The van der Waals surface area contributed by atoms with Crippen LogP contribution in [-0.4, -0.2) is 37.1 Å². The highest BCUT2D eigenvalue weighted by Gasteiger charge is 2.35. The number of esters is 1. The fourth-order valence-corrected chi connectivity index (χ4v) is 2.38. The van der Waals surface area contributed by atoms with Crippen LogP contribution >= 0.6 is 0 Å². The summed E-state index contributed by atoms with van der Waals surface area (Å²) in [7, 11) is 1.45. The van der Waals surface area contributed by atoms with E-state index >= 15 is 0 Å². The van der Waals surface area contributed by atoms with Crippen LogP contribution < -0.4 is 14.8 Å². The first-order valence-electron chi connectivity index (χ1n) is 8.68.